The molecule has 0 radical (unpaired) electrons. The van der Waals surface area contributed by atoms with Crippen LogP contribution in [0, 0.1) is 13.8 Å². The van der Waals surface area contributed by atoms with Crippen molar-refractivity contribution >= 4 is 11.8 Å². The number of quaternary nitrogens is 1. The van der Waals surface area contributed by atoms with Crippen molar-refractivity contribution in [2.45, 2.75) is 72.3 Å². The minimum atomic E-state index is -0.00190. The van der Waals surface area contributed by atoms with E-state index in [1.165, 1.54) is 36.8 Å². The lowest BCUT2D eigenvalue weighted by molar-refractivity contribution is -0.891. The van der Waals surface area contributed by atoms with Crippen LogP contribution in [0.15, 0.2) is 24.3 Å². The van der Waals surface area contributed by atoms with Crippen LogP contribution < -0.4 is 4.84 Å². The molecule has 1 rings (SSSR count). The number of rotatable bonds is 12. The number of ether oxygens (including phenoxy) is 1. The van der Waals surface area contributed by atoms with Crippen molar-refractivity contribution in [2.24, 2.45) is 0 Å². The third kappa shape index (κ3) is 16.1. The Morgan fingerprint density at radius 1 is 0.926 bits per heavy atom. The van der Waals surface area contributed by atoms with Gasteiger partial charge in [0.25, 0.3) is 0 Å². The van der Waals surface area contributed by atoms with Gasteiger partial charge in [-0.3, -0.25) is 0 Å². The standard InChI is InChI=1S/C15H34ClN2O.C8H10/c1-6-7-8-9-13-19-14-12-18(4,5)11-10-15(2,3)17-16;1-7-3-5-8(2)6-4-7/h17H,6-14H2,1-5H3;3-6H,1-2H3/q+1;. The quantitative estimate of drug-likeness (QED) is 0.269. The van der Waals surface area contributed by atoms with E-state index in [-0.39, 0.29) is 5.54 Å². The molecular weight excluding hydrogens is 356 g/mol. The van der Waals surface area contributed by atoms with Crippen molar-refractivity contribution in [2.75, 3.05) is 40.4 Å². The van der Waals surface area contributed by atoms with Crippen molar-refractivity contribution in [3.05, 3.63) is 35.4 Å². The van der Waals surface area contributed by atoms with E-state index in [1.54, 1.807) is 0 Å². The van der Waals surface area contributed by atoms with Crippen molar-refractivity contribution in [3.63, 3.8) is 0 Å². The molecule has 4 heteroatoms. The smallest absolute Gasteiger partial charge is 0.102 e. The fraction of sp³-hybridized carbons (Fsp3) is 0.739. The van der Waals surface area contributed by atoms with Gasteiger partial charge < -0.3 is 9.22 Å². The highest BCUT2D eigenvalue weighted by molar-refractivity contribution is 6.13. The van der Waals surface area contributed by atoms with Crippen LogP contribution in [-0.2, 0) is 4.74 Å². The van der Waals surface area contributed by atoms with Crippen LogP contribution in [0.4, 0.5) is 0 Å². The van der Waals surface area contributed by atoms with Crippen LogP contribution in [0.2, 0.25) is 0 Å². The van der Waals surface area contributed by atoms with E-state index >= 15 is 0 Å². The third-order valence-electron chi connectivity index (χ3n) is 4.80. The largest absolute Gasteiger partial charge is 0.376 e. The Hall–Kier alpha value is -0.610. The van der Waals surface area contributed by atoms with Crippen molar-refractivity contribution in [3.8, 4) is 0 Å². The van der Waals surface area contributed by atoms with Gasteiger partial charge in [-0.15, -0.1) is 0 Å². The molecule has 0 heterocycles. The summed E-state index contributed by atoms with van der Waals surface area (Å²) in [6.45, 7) is 14.6. The zero-order valence-electron chi connectivity index (χ0n) is 18.9. The van der Waals surface area contributed by atoms with E-state index < -0.39 is 0 Å². The minimum Gasteiger partial charge on any atom is -0.376 e. The van der Waals surface area contributed by atoms with Crippen molar-refractivity contribution < 1.29 is 9.22 Å². The first-order valence-electron chi connectivity index (χ1n) is 10.4. The van der Waals surface area contributed by atoms with E-state index in [1.807, 2.05) is 0 Å². The van der Waals surface area contributed by atoms with Gasteiger partial charge >= 0.3 is 0 Å². The predicted molar refractivity (Wildman–Crippen MR) is 120 cm³/mol. The lowest BCUT2D eigenvalue weighted by Crippen LogP contribution is -2.47. The Bertz CT molecular complexity index is 451. The number of nitrogens with one attached hydrogen (secondary N) is 1. The Labute approximate surface area is 174 Å². The van der Waals surface area contributed by atoms with Crippen LogP contribution in [0.3, 0.4) is 0 Å². The van der Waals surface area contributed by atoms with Crippen LogP contribution in [0.5, 0.6) is 0 Å². The highest BCUT2D eigenvalue weighted by Crippen LogP contribution is 2.12. The molecule has 0 atom stereocenters. The normalized spacial score (nSPS) is 11.9. The summed E-state index contributed by atoms with van der Waals surface area (Å²) in [7, 11) is 4.51. The van der Waals surface area contributed by atoms with E-state index in [0.29, 0.717) is 0 Å². The number of aryl methyl sites for hydroxylation is 2. The molecule has 0 amide bonds. The molecule has 0 spiro atoms. The Kier molecular flexibility index (Phi) is 14.1. The number of likely N-dealkylation sites (N-methyl/N-ethyl adjacent to an activating group) is 1. The Morgan fingerprint density at radius 3 is 1.96 bits per heavy atom. The molecule has 0 saturated carbocycles. The molecule has 158 valence electrons. The molecule has 0 fully saturated rings. The summed E-state index contributed by atoms with van der Waals surface area (Å²) < 4.78 is 6.70. The zero-order chi connectivity index (χ0) is 20.8. The van der Waals surface area contributed by atoms with E-state index in [4.69, 9.17) is 16.5 Å². The molecule has 27 heavy (non-hydrogen) atoms. The number of hydrogen-bond acceptors (Lipinski definition) is 2. The average Bonchev–Trinajstić information content (AvgIpc) is 2.62. The minimum absolute atomic E-state index is 0.00190. The first-order valence-corrected chi connectivity index (χ1v) is 10.8. The lowest BCUT2D eigenvalue weighted by atomic mass is 10.0. The summed E-state index contributed by atoms with van der Waals surface area (Å²) in [5.74, 6) is 0. The number of nitrogens with zero attached hydrogens (tertiary/aromatic N) is 1. The van der Waals surface area contributed by atoms with Crippen LogP contribution in [-0.4, -0.2) is 50.4 Å². The maximum Gasteiger partial charge on any atom is 0.102 e. The first-order chi connectivity index (χ1) is 12.6. The molecule has 1 aromatic rings. The fourth-order valence-electron chi connectivity index (χ4n) is 2.42. The third-order valence-corrected chi connectivity index (χ3v) is 5.31. The van der Waals surface area contributed by atoms with Crippen molar-refractivity contribution in [1.29, 1.82) is 0 Å². The molecule has 3 nitrogen and oxygen atoms in total. The molecule has 0 bridgehead atoms. The summed E-state index contributed by atoms with van der Waals surface area (Å²) in [6, 6.07) is 8.48. The van der Waals surface area contributed by atoms with Gasteiger partial charge in [-0.1, -0.05) is 61.6 Å². The molecule has 0 aromatic heterocycles. The second-order valence-corrected chi connectivity index (χ2v) is 9.13. The summed E-state index contributed by atoms with van der Waals surface area (Å²) in [4.78, 5) is 2.84. The molecule has 1 aromatic carbocycles. The average molecular weight is 400 g/mol. The molecule has 0 aliphatic heterocycles. The highest BCUT2D eigenvalue weighted by atomic mass is 35.5. The molecule has 1 N–H and O–H groups in total. The summed E-state index contributed by atoms with van der Waals surface area (Å²) in [5, 5.41) is 0. The van der Waals surface area contributed by atoms with E-state index in [0.717, 1.165) is 37.2 Å². The zero-order valence-corrected chi connectivity index (χ0v) is 19.7. The van der Waals surface area contributed by atoms with Gasteiger partial charge in [0, 0.05) is 18.6 Å². The topological polar surface area (TPSA) is 21.3 Å². The Morgan fingerprint density at radius 2 is 1.48 bits per heavy atom. The van der Waals surface area contributed by atoms with E-state index in [9.17, 15) is 0 Å². The maximum atomic E-state index is 5.73. The number of hydrogen-bond donors (Lipinski definition) is 1. The van der Waals surface area contributed by atoms with Crippen LogP contribution in [0.25, 0.3) is 0 Å². The second-order valence-electron chi connectivity index (χ2n) is 8.94. The molecular formula is C23H44ClN2O+. The molecule has 0 aliphatic carbocycles. The van der Waals surface area contributed by atoms with Crippen molar-refractivity contribution in [1.82, 2.24) is 4.84 Å². The van der Waals surface area contributed by atoms with Gasteiger partial charge in [-0.2, -0.15) is 0 Å². The summed E-state index contributed by atoms with van der Waals surface area (Å²) in [5.41, 5.74) is 2.66. The number of halogens is 1. The SMILES string of the molecule is CCCCCCOCC[N+](C)(C)CCC(C)(C)NCl.Cc1ccc(C)cc1. The predicted octanol–water partition coefficient (Wildman–Crippen LogP) is 5.88. The summed E-state index contributed by atoms with van der Waals surface area (Å²) >= 11 is 5.73. The van der Waals surface area contributed by atoms with Gasteiger partial charge in [0.15, 0.2) is 0 Å². The van der Waals surface area contributed by atoms with Gasteiger partial charge in [0.1, 0.15) is 6.54 Å². The lowest BCUT2D eigenvalue weighted by Gasteiger charge is -2.33. The van der Waals surface area contributed by atoms with E-state index in [2.05, 4.69) is 77.8 Å². The maximum absolute atomic E-state index is 5.73. The number of unbranched alkanes of at least 4 members (excludes halogenated alkanes) is 3. The second kappa shape index (κ2) is 14.4. The van der Waals surface area contributed by atoms with Gasteiger partial charge in [-0.05, 0) is 45.9 Å². The number of benzene rings is 1. The molecule has 0 unspecified atom stereocenters. The molecule has 0 saturated heterocycles. The highest BCUT2D eigenvalue weighted by Gasteiger charge is 2.22. The van der Waals surface area contributed by atoms with Gasteiger partial charge in [0.05, 0.1) is 27.2 Å². The van der Waals surface area contributed by atoms with Crippen LogP contribution in [0.1, 0.15) is 64.0 Å². The van der Waals surface area contributed by atoms with Gasteiger partial charge in [0.2, 0.25) is 0 Å². The summed E-state index contributed by atoms with van der Waals surface area (Å²) in [6.07, 6.45) is 6.16. The van der Waals surface area contributed by atoms with Gasteiger partial charge in [-0.25, -0.2) is 4.84 Å². The monoisotopic (exact) mass is 399 g/mol. The molecule has 0 aliphatic rings. The fourth-order valence-corrected chi connectivity index (χ4v) is 2.52. The Balaban J connectivity index is 0.000000694. The first kappa shape index (κ1) is 26.4. The van der Waals surface area contributed by atoms with Crippen LogP contribution >= 0.6 is 11.8 Å².